The van der Waals surface area contributed by atoms with Crippen molar-refractivity contribution in [1.29, 1.82) is 0 Å². The summed E-state index contributed by atoms with van der Waals surface area (Å²) in [5, 5.41) is 12.4. The molecule has 1 aromatic heterocycles. The summed E-state index contributed by atoms with van der Waals surface area (Å²) in [5.41, 5.74) is 2.88. The second kappa shape index (κ2) is 8.14. The van der Waals surface area contributed by atoms with Crippen LogP contribution in [0, 0.1) is 15.9 Å². The summed E-state index contributed by atoms with van der Waals surface area (Å²) in [7, 11) is 0. The number of ether oxygens (including phenoxy) is 1. The van der Waals surface area contributed by atoms with Gasteiger partial charge in [0.15, 0.2) is 0 Å². The molecule has 29 heavy (non-hydrogen) atoms. The van der Waals surface area contributed by atoms with E-state index in [2.05, 4.69) is 4.98 Å². The second-order valence-electron chi connectivity index (χ2n) is 6.78. The van der Waals surface area contributed by atoms with Crippen LogP contribution < -0.4 is 4.74 Å². The van der Waals surface area contributed by atoms with E-state index in [0.717, 1.165) is 16.5 Å². The highest BCUT2D eigenvalue weighted by molar-refractivity contribution is 5.84. The van der Waals surface area contributed by atoms with E-state index < -0.39 is 5.92 Å². The minimum absolute atomic E-state index is 0.0444. The molecule has 0 saturated heterocycles. The fourth-order valence-corrected chi connectivity index (χ4v) is 3.57. The summed E-state index contributed by atoms with van der Waals surface area (Å²) in [6, 6.07) is 21.3. The summed E-state index contributed by atoms with van der Waals surface area (Å²) in [6.07, 6.45) is 1.81. The Morgan fingerprint density at radius 2 is 1.69 bits per heavy atom. The number of nitrogens with one attached hydrogen (secondary N) is 1. The number of halogens is 1. The molecule has 3 aromatic carbocycles. The Kier molecular flexibility index (Phi) is 5.24. The van der Waals surface area contributed by atoms with E-state index in [0.29, 0.717) is 16.9 Å². The van der Waals surface area contributed by atoms with Gasteiger partial charge in [0.1, 0.15) is 18.2 Å². The van der Waals surface area contributed by atoms with Crippen LogP contribution in [0.2, 0.25) is 0 Å². The molecule has 4 aromatic rings. The molecule has 4 rings (SSSR count). The van der Waals surface area contributed by atoms with Crippen molar-refractivity contribution in [3.63, 3.8) is 0 Å². The number of aromatic nitrogens is 1. The van der Waals surface area contributed by atoms with Gasteiger partial charge in [-0.15, -0.1) is 0 Å². The largest absolute Gasteiger partial charge is 0.488 e. The fourth-order valence-electron chi connectivity index (χ4n) is 3.57. The van der Waals surface area contributed by atoms with Crippen LogP contribution in [0.3, 0.4) is 0 Å². The maximum Gasteiger partial charge on any atom is 0.214 e. The van der Waals surface area contributed by atoms with Crippen molar-refractivity contribution in [1.82, 2.24) is 4.98 Å². The first-order valence-corrected chi connectivity index (χ1v) is 9.26. The monoisotopic (exact) mass is 390 g/mol. The summed E-state index contributed by atoms with van der Waals surface area (Å²) in [5.74, 6) is -0.339. The number of para-hydroxylation sites is 2. The molecular formula is C23H19FN2O3. The number of hydrogen-bond donors (Lipinski definition) is 1. The number of rotatable bonds is 7. The molecule has 0 radical (unpaired) electrons. The number of nitro groups is 1. The van der Waals surface area contributed by atoms with Crippen LogP contribution in [0.5, 0.6) is 5.75 Å². The van der Waals surface area contributed by atoms with Crippen LogP contribution in [0.15, 0.2) is 79.0 Å². The van der Waals surface area contributed by atoms with E-state index in [4.69, 9.17) is 4.74 Å². The van der Waals surface area contributed by atoms with Crippen LogP contribution in [0.4, 0.5) is 4.39 Å². The van der Waals surface area contributed by atoms with Crippen molar-refractivity contribution in [3.8, 4) is 5.75 Å². The third-order valence-corrected chi connectivity index (χ3v) is 4.96. The first-order chi connectivity index (χ1) is 14.1. The Hall–Kier alpha value is -3.67. The Bertz CT molecular complexity index is 1160. The van der Waals surface area contributed by atoms with Crippen molar-refractivity contribution in [2.45, 2.75) is 12.5 Å². The van der Waals surface area contributed by atoms with Gasteiger partial charge in [0.2, 0.25) is 6.54 Å². The van der Waals surface area contributed by atoms with Gasteiger partial charge in [-0.2, -0.15) is 0 Å². The van der Waals surface area contributed by atoms with Crippen molar-refractivity contribution in [2.75, 3.05) is 6.54 Å². The molecule has 0 spiro atoms. The van der Waals surface area contributed by atoms with Crippen molar-refractivity contribution in [2.24, 2.45) is 0 Å². The van der Waals surface area contributed by atoms with Gasteiger partial charge in [-0.1, -0.05) is 54.6 Å². The van der Waals surface area contributed by atoms with Gasteiger partial charge < -0.3 is 9.72 Å². The van der Waals surface area contributed by atoms with Crippen LogP contribution in [-0.2, 0) is 6.61 Å². The number of benzene rings is 3. The van der Waals surface area contributed by atoms with E-state index >= 15 is 0 Å². The summed E-state index contributed by atoms with van der Waals surface area (Å²) in [4.78, 5) is 14.3. The number of fused-ring (bicyclic) bond motifs is 1. The summed E-state index contributed by atoms with van der Waals surface area (Å²) >= 11 is 0. The number of hydrogen-bond acceptors (Lipinski definition) is 3. The van der Waals surface area contributed by atoms with Gasteiger partial charge in [-0.05, 0) is 23.8 Å². The first-order valence-electron chi connectivity index (χ1n) is 9.26. The lowest BCUT2D eigenvalue weighted by Crippen LogP contribution is -2.15. The number of nitrogens with zero attached hydrogens (tertiary/aromatic N) is 1. The normalized spacial score (nSPS) is 12.0. The SMILES string of the molecule is O=[N+]([O-])C[C@H](c1ccccc1OCc1ccccc1F)c1c[nH]c2ccccc12. The molecule has 5 nitrogen and oxygen atoms in total. The Morgan fingerprint density at radius 1 is 0.966 bits per heavy atom. The average Bonchev–Trinajstić information content (AvgIpc) is 3.16. The van der Waals surface area contributed by atoms with Crippen LogP contribution in [0.25, 0.3) is 10.9 Å². The minimum Gasteiger partial charge on any atom is -0.488 e. The van der Waals surface area contributed by atoms with E-state index in [1.807, 2.05) is 42.6 Å². The lowest BCUT2D eigenvalue weighted by Gasteiger charge is -2.18. The lowest BCUT2D eigenvalue weighted by atomic mass is 9.90. The van der Waals surface area contributed by atoms with E-state index in [9.17, 15) is 14.5 Å². The molecule has 0 aliphatic rings. The average molecular weight is 390 g/mol. The zero-order valence-electron chi connectivity index (χ0n) is 15.5. The van der Waals surface area contributed by atoms with Crippen molar-refractivity contribution >= 4 is 10.9 Å². The van der Waals surface area contributed by atoms with Gasteiger partial charge >= 0.3 is 0 Å². The zero-order valence-corrected chi connectivity index (χ0v) is 15.5. The standard InChI is InChI=1S/C23H19FN2O3/c24-21-10-4-1-7-16(21)15-29-23-12-6-3-9-18(23)20(14-26(27)28)19-13-25-22-11-5-2-8-17(19)22/h1-13,20,25H,14-15H2/t20-/m1/s1. The molecule has 0 amide bonds. The predicted molar refractivity (Wildman–Crippen MR) is 109 cm³/mol. The highest BCUT2D eigenvalue weighted by atomic mass is 19.1. The molecule has 0 bridgehead atoms. The molecule has 0 unspecified atom stereocenters. The van der Waals surface area contributed by atoms with Gasteiger partial charge in [0.05, 0.1) is 5.92 Å². The van der Waals surface area contributed by atoms with E-state index in [-0.39, 0.29) is 23.9 Å². The third kappa shape index (κ3) is 3.96. The topological polar surface area (TPSA) is 68.2 Å². The molecule has 0 fully saturated rings. The first kappa shape index (κ1) is 18.7. The van der Waals surface area contributed by atoms with E-state index in [1.165, 1.54) is 6.07 Å². The van der Waals surface area contributed by atoms with Crippen LogP contribution in [0.1, 0.15) is 22.6 Å². The van der Waals surface area contributed by atoms with Gasteiger partial charge in [0, 0.05) is 33.1 Å². The molecule has 1 heterocycles. The smallest absolute Gasteiger partial charge is 0.214 e. The second-order valence-corrected chi connectivity index (χ2v) is 6.78. The molecule has 1 atom stereocenters. The van der Waals surface area contributed by atoms with Gasteiger partial charge in [0.25, 0.3) is 0 Å². The highest BCUT2D eigenvalue weighted by Gasteiger charge is 2.26. The van der Waals surface area contributed by atoms with Gasteiger partial charge in [-0.25, -0.2) is 4.39 Å². The Morgan fingerprint density at radius 3 is 2.52 bits per heavy atom. The maximum atomic E-state index is 13.9. The maximum absolute atomic E-state index is 13.9. The lowest BCUT2D eigenvalue weighted by molar-refractivity contribution is -0.481. The molecule has 6 heteroatoms. The Labute approximate surface area is 166 Å². The minimum atomic E-state index is -0.502. The zero-order chi connectivity index (χ0) is 20.2. The Balaban J connectivity index is 1.72. The number of aromatic amines is 1. The highest BCUT2D eigenvalue weighted by Crippen LogP contribution is 2.36. The fraction of sp³-hybridized carbons (Fsp3) is 0.130. The van der Waals surface area contributed by atoms with Crippen molar-refractivity contribution < 1.29 is 14.1 Å². The van der Waals surface area contributed by atoms with Crippen molar-refractivity contribution in [3.05, 3.63) is 112 Å². The molecule has 146 valence electrons. The summed E-state index contributed by atoms with van der Waals surface area (Å²) in [6.45, 7) is -0.231. The quantitative estimate of drug-likeness (QED) is 0.344. The summed E-state index contributed by atoms with van der Waals surface area (Å²) < 4.78 is 19.9. The molecule has 0 saturated carbocycles. The molecule has 0 aliphatic carbocycles. The molecule has 0 aliphatic heterocycles. The molecule has 1 N–H and O–H groups in total. The van der Waals surface area contributed by atoms with Gasteiger partial charge in [-0.3, -0.25) is 10.1 Å². The van der Waals surface area contributed by atoms with E-state index in [1.54, 1.807) is 30.3 Å². The van der Waals surface area contributed by atoms with Crippen LogP contribution in [-0.4, -0.2) is 16.5 Å². The van der Waals surface area contributed by atoms with Crippen LogP contribution >= 0.6 is 0 Å². The number of H-pyrrole nitrogens is 1. The third-order valence-electron chi connectivity index (χ3n) is 4.96. The molecular weight excluding hydrogens is 371 g/mol. The predicted octanol–water partition coefficient (Wildman–Crippen LogP) is 5.29.